The van der Waals surface area contributed by atoms with Crippen LogP contribution in [0.4, 0.5) is 0 Å². The molecule has 2 nitrogen and oxygen atoms in total. The molecule has 1 saturated carbocycles. The van der Waals surface area contributed by atoms with Crippen LogP contribution in [0.2, 0.25) is 0 Å². The first-order chi connectivity index (χ1) is 12.9. The largest absolute Gasteiger partial charge is 0.390 e. The van der Waals surface area contributed by atoms with Gasteiger partial charge in [-0.05, 0) is 75.0 Å². The molecule has 0 aromatic carbocycles. The second-order valence-corrected chi connectivity index (χ2v) is 11.5. The van der Waals surface area contributed by atoms with Crippen molar-refractivity contribution in [2.45, 2.75) is 132 Å². The predicted octanol–water partition coefficient (Wildman–Crippen LogP) is 7.57. The molecule has 1 aliphatic carbocycles. The molecule has 3 unspecified atom stereocenters. The lowest BCUT2D eigenvalue weighted by atomic mass is 9.51. The van der Waals surface area contributed by atoms with E-state index in [4.69, 9.17) is 0 Å². The van der Waals surface area contributed by atoms with Crippen LogP contribution in [0.25, 0.3) is 0 Å². The van der Waals surface area contributed by atoms with E-state index in [-0.39, 0.29) is 16.7 Å². The summed E-state index contributed by atoms with van der Waals surface area (Å²) in [6, 6.07) is 0. The molecule has 0 bridgehead atoms. The molecule has 0 aromatic rings. The highest BCUT2D eigenvalue weighted by molar-refractivity contribution is 5.82. The molecule has 4 atom stereocenters. The maximum absolute atomic E-state index is 12.7. The fraction of sp³-hybridized carbons (Fsp3) is 0.962. The monoisotopic (exact) mass is 394 g/mol. The number of aliphatic hydroxyl groups is 1. The lowest BCUT2D eigenvalue weighted by Crippen LogP contribution is -2.48. The third kappa shape index (κ3) is 7.15. The van der Waals surface area contributed by atoms with Gasteiger partial charge in [0, 0.05) is 12.3 Å². The number of carbonyl (C=O) groups excluding carboxylic acids is 1. The summed E-state index contributed by atoms with van der Waals surface area (Å²) in [6.45, 7) is 17.9. The Morgan fingerprint density at radius 1 is 1.11 bits per heavy atom. The smallest absolute Gasteiger partial charge is 0.136 e. The summed E-state index contributed by atoms with van der Waals surface area (Å²) in [5.74, 6) is 1.99. The van der Waals surface area contributed by atoms with Crippen molar-refractivity contribution in [1.29, 1.82) is 0 Å². The molecular formula is C26H50O2. The zero-order valence-electron chi connectivity index (χ0n) is 20.4. The molecule has 166 valence electrons. The van der Waals surface area contributed by atoms with Gasteiger partial charge in [-0.2, -0.15) is 0 Å². The van der Waals surface area contributed by atoms with Crippen molar-refractivity contribution in [1.82, 2.24) is 0 Å². The van der Waals surface area contributed by atoms with Crippen LogP contribution in [0.5, 0.6) is 0 Å². The minimum atomic E-state index is -0.586. The van der Waals surface area contributed by atoms with Gasteiger partial charge in [0.2, 0.25) is 0 Å². The van der Waals surface area contributed by atoms with E-state index in [1.54, 1.807) is 0 Å². The highest BCUT2D eigenvalue weighted by Gasteiger charge is 2.50. The second-order valence-electron chi connectivity index (χ2n) is 11.5. The minimum absolute atomic E-state index is 0.118. The second kappa shape index (κ2) is 10.6. The van der Waals surface area contributed by atoms with Crippen molar-refractivity contribution in [2.24, 2.45) is 28.6 Å². The van der Waals surface area contributed by atoms with Gasteiger partial charge in [-0.1, -0.05) is 67.2 Å². The molecule has 28 heavy (non-hydrogen) atoms. The first kappa shape index (κ1) is 25.7. The summed E-state index contributed by atoms with van der Waals surface area (Å²) >= 11 is 0. The van der Waals surface area contributed by atoms with Crippen LogP contribution in [-0.4, -0.2) is 16.5 Å². The molecule has 1 fully saturated rings. The highest BCUT2D eigenvalue weighted by atomic mass is 16.3. The number of Topliss-reactive ketones (excluding diaryl/α,β-unsaturated/α-hetero) is 1. The van der Waals surface area contributed by atoms with Crippen LogP contribution in [-0.2, 0) is 4.79 Å². The average Bonchev–Trinajstić information content (AvgIpc) is 2.56. The van der Waals surface area contributed by atoms with Gasteiger partial charge in [0.25, 0.3) is 0 Å². The third-order valence-corrected chi connectivity index (χ3v) is 7.89. The lowest BCUT2D eigenvalue weighted by Gasteiger charge is -2.53. The molecule has 2 heteroatoms. The van der Waals surface area contributed by atoms with Gasteiger partial charge in [0.05, 0.1) is 5.60 Å². The Bertz CT molecular complexity index is 475. The van der Waals surface area contributed by atoms with E-state index in [0.717, 1.165) is 38.0 Å². The van der Waals surface area contributed by atoms with Crippen molar-refractivity contribution >= 4 is 5.78 Å². The van der Waals surface area contributed by atoms with Gasteiger partial charge in [-0.15, -0.1) is 0 Å². The maximum atomic E-state index is 12.7. The van der Waals surface area contributed by atoms with Gasteiger partial charge < -0.3 is 5.11 Å². The van der Waals surface area contributed by atoms with E-state index < -0.39 is 5.60 Å². The first-order valence-electron chi connectivity index (χ1n) is 12.1. The predicted molar refractivity (Wildman–Crippen MR) is 121 cm³/mol. The Morgan fingerprint density at radius 3 is 2.25 bits per heavy atom. The molecular weight excluding hydrogens is 344 g/mol. The zero-order valence-corrected chi connectivity index (χ0v) is 20.4. The van der Waals surface area contributed by atoms with E-state index in [1.807, 2.05) is 13.8 Å². The molecule has 0 aromatic heterocycles. The fourth-order valence-corrected chi connectivity index (χ4v) is 6.00. The summed E-state index contributed by atoms with van der Waals surface area (Å²) in [5.41, 5.74) is -0.222. The number of carbonyl (C=O) groups is 1. The minimum Gasteiger partial charge on any atom is -0.390 e. The van der Waals surface area contributed by atoms with E-state index in [2.05, 4.69) is 41.5 Å². The summed E-state index contributed by atoms with van der Waals surface area (Å²) in [6.07, 6.45) is 12.3. The quantitative estimate of drug-likeness (QED) is 0.370. The highest BCUT2D eigenvalue weighted by Crippen LogP contribution is 2.56. The Hall–Kier alpha value is -0.370. The topological polar surface area (TPSA) is 37.3 Å². The number of rotatable bonds is 12. The molecule has 0 saturated heterocycles. The Kier molecular flexibility index (Phi) is 9.71. The summed E-state index contributed by atoms with van der Waals surface area (Å²) in [4.78, 5) is 12.7. The van der Waals surface area contributed by atoms with E-state index >= 15 is 0 Å². The Balaban J connectivity index is 3.13. The van der Waals surface area contributed by atoms with Gasteiger partial charge in [-0.25, -0.2) is 0 Å². The van der Waals surface area contributed by atoms with Crippen LogP contribution in [0.1, 0.15) is 126 Å². The molecule has 1 N–H and O–H groups in total. The van der Waals surface area contributed by atoms with Crippen molar-refractivity contribution < 1.29 is 9.90 Å². The first-order valence-corrected chi connectivity index (χ1v) is 12.1. The average molecular weight is 395 g/mol. The van der Waals surface area contributed by atoms with Crippen LogP contribution in [0.3, 0.4) is 0 Å². The van der Waals surface area contributed by atoms with Crippen LogP contribution >= 0.6 is 0 Å². The zero-order chi connectivity index (χ0) is 21.6. The maximum Gasteiger partial charge on any atom is 0.136 e. The molecule has 1 rings (SSSR count). The number of hydrogen-bond acceptors (Lipinski definition) is 2. The van der Waals surface area contributed by atoms with Gasteiger partial charge in [0.15, 0.2) is 0 Å². The summed E-state index contributed by atoms with van der Waals surface area (Å²) in [5, 5.41) is 10.2. The van der Waals surface area contributed by atoms with Crippen LogP contribution in [0, 0.1) is 28.6 Å². The van der Waals surface area contributed by atoms with E-state index in [9.17, 15) is 9.90 Å². The number of hydrogen-bond donors (Lipinski definition) is 1. The van der Waals surface area contributed by atoms with Crippen molar-refractivity contribution in [3.63, 3.8) is 0 Å². The summed E-state index contributed by atoms with van der Waals surface area (Å²) in [7, 11) is 0. The van der Waals surface area contributed by atoms with E-state index in [1.165, 1.54) is 38.5 Å². The fourth-order valence-electron chi connectivity index (χ4n) is 6.00. The van der Waals surface area contributed by atoms with Gasteiger partial charge in [-0.3, -0.25) is 4.79 Å². The standard InChI is InChI=1S/C26H50O2/c1-9-13-23(26(8)19-11-15-22(27)21(26)4)25(7,17-10-14-20(2)3)18-12-16-24(5,6)28/h20-21,23,28H,9-19H2,1-8H3/t21?,23-,25?,26?/m1/s1. The van der Waals surface area contributed by atoms with Crippen LogP contribution < -0.4 is 0 Å². The molecule has 0 spiro atoms. The third-order valence-electron chi connectivity index (χ3n) is 7.89. The molecule has 1 aliphatic rings. The van der Waals surface area contributed by atoms with Gasteiger partial charge >= 0.3 is 0 Å². The summed E-state index contributed by atoms with van der Waals surface area (Å²) < 4.78 is 0. The van der Waals surface area contributed by atoms with E-state index in [0.29, 0.717) is 11.7 Å². The SMILES string of the molecule is CCC[C@H](C(C)(CCCC(C)C)CCCC(C)(C)O)C1(C)CCCC(=O)C1C. The van der Waals surface area contributed by atoms with Crippen molar-refractivity contribution in [3.8, 4) is 0 Å². The normalized spacial score (nSPS) is 27.1. The Morgan fingerprint density at radius 2 is 1.71 bits per heavy atom. The molecule has 0 aliphatic heterocycles. The molecule has 0 radical (unpaired) electrons. The lowest BCUT2D eigenvalue weighted by molar-refractivity contribution is -0.135. The van der Waals surface area contributed by atoms with Gasteiger partial charge in [0.1, 0.15) is 5.78 Å². The molecule has 0 heterocycles. The number of ketones is 1. The van der Waals surface area contributed by atoms with Crippen LogP contribution in [0.15, 0.2) is 0 Å². The molecule has 0 amide bonds. The van der Waals surface area contributed by atoms with Crippen molar-refractivity contribution in [3.05, 3.63) is 0 Å². The Labute approximate surface area is 176 Å². The van der Waals surface area contributed by atoms with Crippen molar-refractivity contribution in [2.75, 3.05) is 0 Å².